The highest BCUT2D eigenvalue weighted by Crippen LogP contribution is 2.45. The van der Waals surface area contributed by atoms with Crippen molar-refractivity contribution < 1.29 is 0 Å². The van der Waals surface area contributed by atoms with Crippen molar-refractivity contribution >= 4 is 0 Å². The molecule has 3 atom stereocenters. The lowest BCUT2D eigenvalue weighted by Gasteiger charge is -2.41. The summed E-state index contributed by atoms with van der Waals surface area (Å²) in [5, 5.41) is 0. The van der Waals surface area contributed by atoms with E-state index in [0.29, 0.717) is 17.3 Å². The highest BCUT2D eigenvalue weighted by atomic mass is 15.0. The third-order valence-electron chi connectivity index (χ3n) is 4.71. The van der Waals surface area contributed by atoms with Crippen LogP contribution in [0.4, 0.5) is 0 Å². The van der Waals surface area contributed by atoms with Crippen LogP contribution in [0.15, 0.2) is 12.4 Å². The quantitative estimate of drug-likeness (QED) is 0.876. The van der Waals surface area contributed by atoms with Gasteiger partial charge in [-0.2, -0.15) is 0 Å². The third-order valence-corrected chi connectivity index (χ3v) is 4.71. The van der Waals surface area contributed by atoms with Crippen LogP contribution in [0.3, 0.4) is 0 Å². The van der Waals surface area contributed by atoms with Crippen LogP contribution >= 0.6 is 0 Å². The average molecular weight is 249 g/mol. The van der Waals surface area contributed by atoms with Crippen LogP contribution in [0.1, 0.15) is 51.8 Å². The van der Waals surface area contributed by atoms with Crippen molar-refractivity contribution in [3.05, 3.63) is 18.2 Å². The zero-order valence-electron chi connectivity index (χ0n) is 12.2. The van der Waals surface area contributed by atoms with Gasteiger partial charge in [-0.25, -0.2) is 4.98 Å². The second kappa shape index (κ2) is 5.04. The molecule has 0 spiro atoms. The number of nitrogens with zero attached hydrogens (tertiary/aromatic N) is 2. The van der Waals surface area contributed by atoms with Crippen LogP contribution in [0.2, 0.25) is 0 Å². The van der Waals surface area contributed by atoms with Gasteiger partial charge >= 0.3 is 0 Å². The number of hydrogen-bond acceptors (Lipinski definition) is 2. The Hall–Kier alpha value is -0.830. The molecule has 0 aliphatic heterocycles. The zero-order chi connectivity index (χ0) is 13.3. The molecule has 0 amide bonds. The fraction of sp³-hybridized carbons (Fsp3) is 0.800. The van der Waals surface area contributed by atoms with Gasteiger partial charge in [0.2, 0.25) is 0 Å². The second-order valence-corrected chi connectivity index (χ2v) is 6.87. The Bertz CT molecular complexity index is 389. The normalized spacial score (nSPS) is 29.5. The van der Waals surface area contributed by atoms with E-state index in [-0.39, 0.29) is 0 Å². The summed E-state index contributed by atoms with van der Waals surface area (Å²) in [5.74, 6) is 3.14. The first-order valence-corrected chi connectivity index (χ1v) is 7.10. The first-order valence-electron chi connectivity index (χ1n) is 7.10. The molecule has 3 unspecified atom stereocenters. The van der Waals surface area contributed by atoms with Gasteiger partial charge in [0.05, 0.1) is 0 Å². The average Bonchev–Trinajstić information content (AvgIpc) is 2.73. The number of rotatable bonds is 2. The molecule has 1 fully saturated rings. The van der Waals surface area contributed by atoms with Crippen molar-refractivity contribution in [2.45, 2.75) is 46.0 Å². The Labute approximate surface area is 111 Å². The molecule has 1 aromatic rings. The molecule has 0 aromatic carbocycles. The molecule has 3 heteroatoms. The van der Waals surface area contributed by atoms with Gasteiger partial charge in [-0.05, 0) is 43.1 Å². The molecule has 1 heterocycles. The minimum atomic E-state index is 0.392. The summed E-state index contributed by atoms with van der Waals surface area (Å²) in [6.07, 6.45) is 7.74. The zero-order valence-corrected chi connectivity index (χ0v) is 12.2. The van der Waals surface area contributed by atoms with E-state index in [1.807, 2.05) is 12.4 Å². The molecule has 0 radical (unpaired) electrons. The predicted molar refractivity (Wildman–Crippen MR) is 75.3 cm³/mol. The molecule has 1 saturated carbocycles. The lowest BCUT2D eigenvalue weighted by molar-refractivity contribution is 0.129. The van der Waals surface area contributed by atoms with Crippen molar-refractivity contribution in [2.75, 3.05) is 6.54 Å². The Balaban J connectivity index is 2.21. The molecule has 2 rings (SSSR count). The van der Waals surface area contributed by atoms with E-state index in [1.54, 1.807) is 0 Å². The van der Waals surface area contributed by atoms with Crippen molar-refractivity contribution in [3.8, 4) is 0 Å². The summed E-state index contributed by atoms with van der Waals surface area (Å²) in [4.78, 5) is 4.56. The van der Waals surface area contributed by atoms with E-state index in [1.165, 1.54) is 25.1 Å². The number of hydrogen-bond donors (Lipinski definition) is 1. The largest absolute Gasteiger partial charge is 0.338 e. The first kappa shape index (κ1) is 13.6. The molecule has 0 saturated heterocycles. The molecule has 18 heavy (non-hydrogen) atoms. The van der Waals surface area contributed by atoms with Gasteiger partial charge in [0, 0.05) is 25.4 Å². The summed E-state index contributed by atoms with van der Waals surface area (Å²) in [7, 11) is 2.09. The topological polar surface area (TPSA) is 43.8 Å². The van der Waals surface area contributed by atoms with E-state index in [2.05, 4.69) is 37.4 Å². The van der Waals surface area contributed by atoms with E-state index in [9.17, 15) is 0 Å². The number of aromatic nitrogens is 2. The van der Waals surface area contributed by atoms with Crippen LogP contribution in [-0.2, 0) is 7.05 Å². The second-order valence-electron chi connectivity index (χ2n) is 6.87. The lowest BCUT2D eigenvalue weighted by Crippen LogP contribution is -2.35. The van der Waals surface area contributed by atoms with Crippen molar-refractivity contribution in [2.24, 2.45) is 30.0 Å². The van der Waals surface area contributed by atoms with Gasteiger partial charge in [0.15, 0.2) is 0 Å². The fourth-order valence-corrected chi connectivity index (χ4v) is 3.35. The Morgan fingerprint density at radius 1 is 1.39 bits per heavy atom. The van der Waals surface area contributed by atoms with Gasteiger partial charge in [-0.3, -0.25) is 0 Å². The summed E-state index contributed by atoms with van der Waals surface area (Å²) in [5.41, 5.74) is 6.36. The van der Waals surface area contributed by atoms with E-state index >= 15 is 0 Å². The molecular weight excluding hydrogens is 222 g/mol. The van der Waals surface area contributed by atoms with Crippen LogP contribution < -0.4 is 5.73 Å². The van der Waals surface area contributed by atoms with E-state index in [0.717, 1.165) is 12.5 Å². The Kier molecular flexibility index (Phi) is 3.81. The molecule has 3 nitrogen and oxygen atoms in total. The molecule has 2 N–H and O–H groups in total. The van der Waals surface area contributed by atoms with E-state index in [4.69, 9.17) is 5.73 Å². The number of imidazole rings is 1. The molecular formula is C15H27N3. The maximum absolute atomic E-state index is 5.97. The third kappa shape index (κ3) is 2.61. The minimum Gasteiger partial charge on any atom is -0.338 e. The summed E-state index contributed by atoms with van der Waals surface area (Å²) >= 11 is 0. The smallest absolute Gasteiger partial charge is 0.111 e. The van der Waals surface area contributed by atoms with Gasteiger partial charge in [-0.1, -0.05) is 20.8 Å². The Morgan fingerprint density at radius 3 is 2.61 bits per heavy atom. The molecule has 0 bridgehead atoms. The molecule has 1 aliphatic carbocycles. The summed E-state index contributed by atoms with van der Waals surface area (Å²) < 4.78 is 2.17. The maximum Gasteiger partial charge on any atom is 0.111 e. The number of nitrogens with two attached hydrogens (primary N) is 1. The summed E-state index contributed by atoms with van der Waals surface area (Å²) in [6.45, 7) is 7.86. The standard InChI is InChI=1S/C15H27N3/c1-15(2,3)12-6-5-11(10-16)13(9-12)14-17-7-8-18(14)4/h7-8,11-13H,5-6,9-10,16H2,1-4H3. The van der Waals surface area contributed by atoms with Crippen molar-refractivity contribution in [1.29, 1.82) is 0 Å². The van der Waals surface area contributed by atoms with Crippen LogP contribution in [0.25, 0.3) is 0 Å². The highest BCUT2D eigenvalue weighted by molar-refractivity contribution is 5.05. The number of aryl methyl sites for hydroxylation is 1. The lowest BCUT2D eigenvalue weighted by atomic mass is 9.65. The van der Waals surface area contributed by atoms with Crippen molar-refractivity contribution in [1.82, 2.24) is 9.55 Å². The fourth-order valence-electron chi connectivity index (χ4n) is 3.35. The first-order chi connectivity index (χ1) is 8.43. The predicted octanol–water partition coefficient (Wildman–Crippen LogP) is 2.92. The van der Waals surface area contributed by atoms with E-state index < -0.39 is 0 Å². The minimum absolute atomic E-state index is 0.392. The van der Waals surface area contributed by atoms with Crippen LogP contribution in [0.5, 0.6) is 0 Å². The van der Waals surface area contributed by atoms with Crippen LogP contribution in [0, 0.1) is 17.3 Å². The maximum atomic E-state index is 5.97. The molecule has 102 valence electrons. The van der Waals surface area contributed by atoms with Gasteiger partial charge in [-0.15, -0.1) is 0 Å². The van der Waals surface area contributed by atoms with Gasteiger partial charge < -0.3 is 10.3 Å². The van der Waals surface area contributed by atoms with Gasteiger partial charge in [0.1, 0.15) is 5.82 Å². The van der Waals surface area contributed by atoms with Crippen molar-refractivity contribution in [3.63, 3.8) is 0 Å². The molecule has 1 aliphatic rings. The van der Waals surface area contributed by atoms with Crippen LogP contribution in [-0.4, -0.2) is 16.1 Å². The Morgan fingerprint density at radius 2 is 2.11 bits per heavy atom. The monoisotopic (exact) mass is 249 g/mol. The summed E-state index contributed by atoms with van der Waals surface area (Å²) in [6, 6.07) is 0. The SMILES string of the molecule is Cn1ccnc1C1CC(C(C)(C)C)CCC1CN. The highest BCUT2D eigenvalue weighted by Gasteiger charge is 2.37. The molecule has 1 aromatic heterocycles. The van der Waals surface area contributed by atoms with Gasteiger partial charge in [0.25, 0.3) is 0 Å².